The summed E-state index contributed by atoms with van der Waals surface area (Å²) in [6, 6.07) is 5.37. The van der Waals surface area contributed by atoms with Crippen molar-refractivity contribution in [3.63, 3.8) is 0 Å². The Kier molecular flexibility index (Phi) is 3.47. The molecular formula is C16H11N7O3. The molecule has 0 aliphatic heterocycles. The van der Waals surface area contributed by atoms with Gasteiger partial charge in [0.1, 0.15) is 5.52 Å². The van der Waals surface area contributed by atoms with Crippen LogP contribution in [-0.2, 0) is 4.79 Å². The lowest BCUT2D eigenvalue weighted by Gasteiger charge is -2.03. The van der Waals surface area contributed by atoms with E-state index in [1.807, 2.05) is 0 Å². The van der Waals surface area contributed by atoms with Gasteiger partial charge in [0, 0.05) is 12.6 Å². The van der Waals surface area contributed by atoms with Gasteiger partial charge in [0.15, 0.2) is 5.82 Å². The molecule has 4 rings (SSSR count). The second kappa shape index (κ2) is 5.82. The van der Waals surface area contributed by atoms with Gasteiger partial charge < -0.3 is 9.82 Å². The van der Waals surface area contributed by atoms with Crippen LogP contribution in [0.5, 0.6) is 0 Å². The van der Waals surface area contributed by atoms with Crippen LogP contribution in [0, 0.1) is 11.3 Å². The van der Waals surface area contributed by atoms with Crippen molar-refractivity contribution < 1.29 is 9.63 Å². The molecule has 10 heteroatoms. The van der Waals surface area contributed by atoms with E-state index >= 15 is 0 Å². The van der Waals surface area contributed by atoms with Gasteiger partial charge in [-0.25, -0.2) is 24.1 Å². The van der Waals surface area contributed by atoms with Crippen LogP contribution in [0.25, 0.3) is 28.1 Å². The fourth-order valence-electron chi connectivity index (χ4n) is 2.48. The number of pyridine rings is 1. The molecule has 0 unspecified atom stereocenters. The summed E-state index contributed by atoms with van der Waals surface area (Å²) in [7, 11) is 0. The second-order valence-electron chi connectivity index (χ2n) is 5.39. The van der Waals surface area contributed by atoms with Crippen molar-refractivity contribution in [1.29, 1.82) is 5.26 Å². The number of hydrogen-bond acceptors (Lipinski definition) is 7. The molecule has 0 spiro atoms. The Morgan fingerprint density at radius 3 is 3.04 bits per heavy atom. The van der Waals surface area contributed by atoms with E-state index in [0.29, 0.717) is 22.2 Å². The Morgan fingerprint density at radius 1 is 1.42 bits per heavy atom. The molecule has 0 atom stereocenters. The molecule has 0 aliphatic rings. The van der Waals surface area contributed by atoms with Crippen molar-refractivity contribution >= 4 is 22.6 Å². The highest BCUT2D eigenvalue weighted by molar-refractivity contribution is 5.80. The largest absolute Gasteiger partial charge is 0.361 e. The molecule has 10 nitrogen and oxygen atoms in total. The Hall–Kier alpha value is -4.00. The summed E-state index contributed by atoms with van der Waals surface area (Å²) in [6.07, 6.45) is 4.75. The summed E-state index contributed by atoms with van der Waals surface area (Å²) in [5, 5.41) is 13.3. The first kappa shape index (κ1) is 15.5. The Morgan fingerprint density at radius 2 is 2.27 bits per heavy atom. The zero-order chi connectivity index (χ0) is 18.3. The number of rotatable bonds is 3. The summed E-state index contributed by atoms with van der Waals surface area (Å²) >= 11 is 0. The Balaban J connectivity index is 1.90. The lowest BCUT2D eigenvalue weighted by Crippen LogP contribution is -2.28. The van der Waals surface area contributed by atoms with Gasteiger partial charge in [0.2, 0.25) is 5.65 Å². The number of fused-ring (bicyclic) bond motifs is 2. The third-order valence-electron chi connectivity index (χ3n) is 3.76. The molecule has 0 amide bonds. The molecule has 0 fully saturated rings. The van der Waals surface area contributed by atoms with Gasteiger partial charge >= 0.3 is 11.7 Å². The molecule has 4 heterocycles. The molecule has 4 aromatic heterocycles. The molecule has 0 bridgehead atoms. The van der Waals surface area contributed by atoms with E-state index in [0.717, 1.165) is 4.73 Å². The molecule has 0 aromatic carbocycles. The van der Waals surface area contributed by atoms with E-state index in [4.69, 9.17) is 10.1 Å². The second-order valence-corrected chi connectivity index (χ2v) is 5.39. The summed E-state index contributed by atoms with van der Waals surface area (Å²) < 4.78 is 2.39. The third kappa shape index (κ3) is 2.39. The van der Waals surface area contributed by atoms with Crippen LogP contribution in [0.1, 0.15) is 18.9 Å². The predicted molar refractivity (Wildman–Crippen MR) is 88.9 cm³/mol. The van der Waals surface area contributed by atoms with Crippen LogP contribution in [0.4, 0.5) is 0 Å². The summed E-state index contributed by atoms with van der Waals surface area (Å²) in [4.78, 5) is 39.7. The first-order valence-corrected chi connectivity index (χ1v) is 7.67. The lowest BCUT2D eigenvalue weighted by molar-refractivity contribution is -0.143. The first-order chi connectivity index (χ1) is 12.6. The number of nitrogens with zero attached hydrogens (tertiary/aromatic N) is 6. The van der Waals surface area contributed by atoms with Gasteiger partial charge in [-0.05, 0) is 12.1 Å². The van der Waals surface area contributed by atoms with Crippen molar-refractivity contribution in [3.8, 4) is 17.5 Å². The number of hydrogen-bond donors (Lipinski definition) is 1. The van der Waals surface area contributed by atoms with E-state index in [1.54, 1.807) is 36.0 Å². The van der Waals surface area contributed by atoms with Crippen LogP contribution in [0.3, 0.4) is 0 Å². The lowest BCUT2D eigenvalue weighted by atomic mass is 10.2. The highest BCUT2D eigenvalue weighted by atomic mass is 16.7. The highest BCUT2D eigenvalue weighted by Crippen LogP contribution is 2.22. The number of carbonyl (C=O) groups excluding carboxylic acids is 1. The van der Waals surface area contributed by atoms with E-state index < -0.39 is 11.7 Å². The topological polar surface area (TPSA) is 131 Å². The van der Waals surface area contributed by atoms with Crippen LogP contribution in [-0.4, -0.2) is 35.3 Å². The van der Waals surface area contributed by atoms with Gasteiger partial charge in [-0.15, -0.1) is 0 Å². The van der Waals surface area contributed by atoms with Crippen molar-refractivity contribution in [2.45, 2.75) is 13.3 Å². The molecule has 0 radical (unpaired) electrons. The average Bonchev–Trinajstić information content (AvgIpc) is 3.21. The third-order valence-corrected chi connectivity index (χ3v) is 3.76. The maximum atomic E-state index is 12.0. The molecule has 1 N–H and O–H groups in total. The van der Waals surface area contributed by atoms with Crippen molar-refractivity contribution in [1.82, 2.24) is 29.3 Å². The number of aromatic amines is 1. The number of H-pyrrole nitrogens is 1. The molecular weight excluding hydrogens is 338 g/mol. The molecule has 128 valence electrons. The molecule has 0 aliphatic carbocycles. The van der Waals surface area contributed by atoms with E-state index in [2.05, 4.69) is 26.1 Å². The number of nitriles is 1. The van der Waals surface area contributed by atoms with Crippen molar-refractivity contribution in [2.75, 3.05) is 0 Å². The van der Waals surface area contributed by atoms with Crippen LogP contribution in [0.15, 0.2) is 35.5 Å². The fourth-order valence-corrected chi connectivity index (χ4v) is 2.48. The standard InChI is InChI=1S/C16H11N7O3/c1-2-13(24)26-23-15-11(20-16(23)25)8-18-14(21-15)10-7-19-22-4-3-9(6-17)5-12(10)22/h3-5,7-8H,2H2,1H3,(H,20,25). The summed E-state index contributed by atoms with van der Waals surface area (Å²) in [6.45, 7) is 1.62. The normalized spacial score (nSPS) is 10.9. The quantitative estimate of drug-likeness (QED) is 0.575. The van der Waals surface area contributed by atoms with Crippen LogP contribution >= 0.6 is 0 Å². The highest BCUT2D eigenvalue weighted by Gasteiger charge is 2.16. The zero-order valence-corrected chi connectivity index (χ0v) is 13.5. The number of imidazole rings is 1. The SMILES string of the molecule is CCC(=O)On1c(=O)[nH]c2cnc(-c3cnn4ccc(C#N)cc34)nc21. The predicted octanol–water partition coefficient (Wildman–Crippen LogP) is 0.671. The minimum absolute atomic E-state index is 0.113. The van der Waals surface area contributed by atoms with E-state index in [9.17, 15) is 9.59 Å². The summed E-state index contributed by atoms with van der Waals surface area (Å²) in [5.74, 6) is -0.286. The van der Waals surface area contributed by atoms with Gasteiger partial charge in [-0.3, -0.25) is 0 Å². The maximum Gasteiger partial charge on any atom is 0.361 e. The van der Waals surface area contributed by atoms with Crippen molar-refractivity contribution in [2.24, 2.45) is 0 Å². The van der Waals surface area contributed by atoms with Crippen molar-refractivity contribution in [3.05, 3.63) is 46.8 Å². The number of nitrogens with one attached hydrogen (secondary N) is 1. The fraction of sp³-hybridized carbons (Fsp3) is 0.125. The molecule has 0 saturated heterocycles. The maximum absolute atomic E-state index is 12.0. The minimum Gasteiger partial charge on any atom is -0.330 e. The van der Waals surface area contributed by atoms with Gasteiger partial charge in [0.05, 0.1) is 35.1 Å². The first-order valence-electron chi connectivity index (χ1n) is 7.67. The Bertz CT molecular complexity index is 1260. The van der Waals surface area contributed by atoms with E-state index in [1.165, 1.54) is 6.20 Å². The zero-order valence-electron chi connectivity index (χ0n) is 13.5. The summed E-state index contributed by atoms with van der Waals surface area (Å²) in [5.41, 5.74) is 1.52. The monoisotopic (exact) mass is 349 g/mol. The number of carbonyl (C=O) groups is 1. The van der Waals surface area contributed by atoms with Gasteiger partial charge in [-0.1, -0.05) is 11.7 Å². The molecule has 0 saturated carbocycles. The van der Waals surface area contributed by atoms with Crippen LogP contribution < -0.4 is 10.5 Å². The number of aromatic nitrogens is 6. The Labute approximate surface area is 145 Å². The minimum atomic E-state index is -0.625. The molecule has 4 aromatic rings. The molecule has 26 heavy (non-hydrogen) atoms. The average molecular weight is 349 g/mol. The smallest absolute Gasteiger partial charge is 0.330 e. The van der Waals surface area contributed by atoms with Gasteiger partial charge in [0.25, 0.3) is 0 Å². The van der Waals surface area contributed by atoms with E-state index in [-0.39, 0.29) is 17.9 Å². The van der Waals surface area contributed by atoms with Crippen LogP contribution in [0.2, 0.25) is 0 Å². The van der Waals surface area contributed by atoms with Gasteiger partial charge in [-0.2, -0.15) is 10.4 Å².